The van der Waals surface area contributed by atoms with Crippen LogP contribution in [0.5, 0.6) is 0 Å². The molecule has 0 radical (unpaired) electrons. The number of hydrogen-bond donors (Lipinski definition) is 2. The Balaban J connectivity index is 1.61. The fourth-order valence-electron chi connectivity index (χ4n) is 2.49. The Morgan fingerprint density at radius 3 is 2.44 bits per heavy atom. The van der Waals surface area contributed by atoms with Crippen molar-refractivity contribution >= 4 is 17.9 Å². The van der Waals surface area contributed by atoms with Crippen molar-refractivity contribution in [3.63, 3.8) is 0 Å². The average molecular weight is 367 g/mol. The predicted molar refractivity (Wildman–Crippen MR) is 99.0 cm³/mol. The molecule has 1 aromatic carbocycles. The van der Waals surface area contributed by atoms with Crippen molar-refractivity contribution in [1.29, 1.82) is 0 Å². The first-order valence-corrected chi connectivity index (χ1v) is 8.79. The van der Waals surface area contributed by atoms with E-state index in [-0.39, 0.29) is 11.6 Å². The van der Waals surface area contributed by atoms with Crippen molar-refractivity contribution < 1.29 is 19.1 Å². The second-order valence-corrected chi connectivity index (χ2v) is 6.48. The third-order valence-corrected chi connectivity index (χ3v) is 4.18. The van der Waals surface area contributed by atoms with Gasteiger partial charge in [0.25, 0.3) is 5.91 Å². The van der Waals surface area contributed by atoms with Crippen LogP contribution in [0, 0.1) is 6.92 Å². The number of carbonyl (C=O) groups is 3. The maximum atomic E-state index is 12.4. The summed E-state index contributed by atoms with van der Waals surface area (Å²) in [6, 6.07) is 12.5. The summed E-state index contributed by atoms with van der Waals surface area (Å²) >= 11 is 0. The van der Waals surface area contributed by atoms with Crippen LogP contribution in [0.2, 0.25) is 0 Å². The van der Waals surface area contributed by atoms with Crippen molar-refractivity contribution in [3.05, 3.63) is 53.7 Å². The first kappa shape index (κ1) is 18.6. The molecule has 1 saturated carbocycles. The number of hydrogen-bond acceptors (Lipinski definition) is 5. The van der Waals surface area contributed by atoms with Crippen molar-refractivity contribution in [1.82, 2.24) is 15.6 Å². The number of benzene rings is 1. The fraction of sp³-hybridized carbons (Fsp3) is 0.300. The van der Waals surface area contributed by atoms with Gasteiger partial charge in [0.15, 0.2) is 6.10 Å². The number of amides is 3. The molecular weight excluding hydrogens is 346 g/mol. The lowest BCUT2D eigenvalue weighted by Gasteiger charge is -2.14. The van der Waals surface area contributed by atoms with Crippen LogP contribution < -0.4 is 10.6 Å². The highest BCUT2D eigenvalue weighted by Crippen LogP contribution is 2.20. The Hall–Kier alpha value is -3.22. The minimum Gasteiger partial charge on any atom is -0.449 e. The first-order chi connectivity index (χ1) is 12.9. The molecule has 0 bridgehead atoms. The first-order valence-electron chi connectivity index (χ1n) is 8.79. The number of esters is 1. The number of aryl methyl sites for hydroxylation is 1. The largest absolute Gasteiger partial charge is 0.449 e. The molecule has 3 amide bonds. The van der Waals surface area contributed by atoms with Crippen LogP contribution in [0.25, 0.3) is 11.3 Å². The lowest BCUT2D eigenvalue weighted by atomic mass is 10.1. The molecule has 2 aromatic rings. The zero-order valence-corrected chi connectivity index (χ0v) is 15.2. The number of nitrogens with zero attached hydrogens (tertiary/aromatic N) is 1. The maximum absolute atomic E-state index is 12.4. The minimum atomic E-state index is -1.10. The molecule has 1 aliphatic carbocycles. The average Bonchev–Trinajstić information content (AvgIpc) is 3.45. The number of pyridine rings is 1. The molecule has 1 aromatic heterocycles. The van der Waals surface area contributed by atoms with Gasteiger partial charge in [-0.3, -0.25) is 15.1 Å². The molecule has 140 valence electrons. The summed E-state index contributed by atoms with van der Waals surface area (Å²) in [6.45, 7) is 3.12. The Kier molecular flexibility index (Phi) is 5.49. The molecule has 1 heterocycles. The SMILES string of the molecule is Cc1nc(-c2ccccc2)ccc1C(=O)OC(C)C(=O)NC(=O)NC1CC1. The summed E-state index contributed by atoms with van der Waals surface area (Å²) in [5.41, 5.74) is 2.46. The van der Waals surface area contributed by atoms with Crippen LogP contribution in [0.1, 0.15) is 35.8 Å². The van der Waals surface area contributed by atoms with E-state index in [1.165, 1.54) is 6.92 Å². The van der Waals surface area contributed by atoms with Crippen LogP contribution >= 0.6 is 0 Å². The van der Waals surface area contributed by atoms with Crippen molar-refractivity contribution in [3.8, 4) is 11.3 Å². The minimum absolute atomic E-state index is 0.132. The number of ether oxygens (including phenoxy) is 1. The number of carbonyl (C=O) groups excluding carboxylic acids is 3. The molecule has 2 N–H and O–H groups in total. The van der Waals surface area contributed by atoms with Crippen LogP contribution in [0.3, 0.4) is 0 Å². The summed E-state index contributed by atoms with van der Waals surface area (Å²) in [5, 5.41) is 4.81. The Morgan fingerprint density at radius 1 is 1.11 bits per heavy atom. The standard InChI is InChI=1S/C20H21N3O4/c1-12-16(10-11-17(21-12)14-6-4-3-5-7-14)19(25)27-13(2)18(24)23-20(26)22-15-8-9-15/h3-7,10-11,13,15H,8-9H2,1-2H3,(H2,22,23,24,26). The Bertz CT molecular complexity index is 863. The van der Waals surface area contributed by atoms with Gasteiger partial charge in [-0.25, -0.2) is 9.59 Å². The fourth-order valence-corrected chi connectivity index (χ4v) is 2.49. The molecule has 3 rings (SSSR count). The molecule has 27 heavy (non-hydrogen) atoms. The summed E-state index contributed by atoms with van der Waals surface area (Å²) < 4.78 is 5.18. The van der Waals surface area contributed by atoms with E-state index in [1.807, 2.05) is 30.3 Å². The summed E-state index contributed by atoms with van der Waals surface area (Å²) in [6.07, 6.45) is 0.727. The van der Waals surface area contributed by atoms with Crippen LogP contribution in [0.15, 0.2) is 42.5 Å². The van der Waals surface area contributed by atoms with E-state index < -0.39 is 24.0 Å². The molecular formula is C20H21N3O4. The molecule has 7 heteroatoms. The van der Waals surface area contributed by atoms with Gasteiger partial charge in [-0.15, -0.1) is 0 Å². The van der Waals surface area contributed by atoms with E-state index in [1.54, 1.807) is 19.1 Å². The van der Waals surface area contributed by atoms with E-state index in [4.69, 9.17) is 4.74 Å². The second-order valence-electron chi connectivity index (χ2n) is 6.48. The number of imide groups is 1. The van der Waals surface area contributed by atoms with E-state index in [2.05, 4.69) is 15.6 Å². The molecule has 1 aliphatic rings. The highest BCUT2D eigenvalue weighted by molar-refractivity contribution is 5.98. The van der Waals surface area contributed by atoms with Crippen molar-refractivity contribution in [2.45, 2.75) is 38.8 Å². The Morgan fingerprint density at radius 2 is 1.81 bits per heavy atom. The van der Waals surface area contributed by atoms with Crippen molar-refractivity contribution in [2.75, 3.05) is 0 Å². The van der Waals surface area contributed by atoms with E-state index in [9.17, 15) is 14.4 Å². The third-order valence-electron chi connectivity index (χ3n) is 4.18. The normalized spacial score (nSPS) is 14.1. The molecule has 0 spiro atoms. The molecule has 1 unspecified atom stereocenters. The van der Waals surface area contributed by atoms with Gasteiger partial charge in [0.2, 0.25) is 0 Å². The van der Waals surface area contributed by atoms with Gasteiger partial charge >= 0.3 is 12.0 Å². The van der Waals surface area contributed by atoms with E-state index in [0.29, 0.717) is 5.69 Å². The monoisotopic (exact) mass is 367 g/mol. The highest BCUT2D eigenvalue weighted by atomic mass is 16.5. The van der Waals surface area contributed by atoms with E-state index >= 15 is 0 Å². The van der Waals surface area contributed by atoms with Gasteiger partial charge in [-0.1, -0.05) is 30.3 Å². The van der Waals surface area contributed by atoms with Gasteiger partial charge in [-0.2, -0.15) is 0 Å². The molecule has 0 saturated heterocycles. The number of nitrogens with one attached hydrogen (secondary N) is 2. The van der Waals surface area contributed by atoms with Gasteiger partial charge < -0.3 is 10.1 Å². The van der Waals surface area contributed by atoms with Gasteiger partial charge in [0, 0.05) is 11.6 Å². The second kappa shape index (κ2) is 7.99. The molecule has 0 aliphatic heterocycles. The zero-order valence-electron chi connectivity index (χ0n) is 15.2. The van der Waals surface area contributed by atoms with Crippen molar-refractivity contribution in [2.24, 2.45) is 0 Å². The van der Waals surface area contributed by atoms with Crippen LogP contribution in [-0.4, -0.2) is 35.0 Å². The van der Waals surface area contributed by atoms with Gasteiger partial charge in [0.1, 0.15) is 0 Å². The predicted octanol–water partition coefficient (Wildman–Crippen LogP) is 2.59. The topological polar surface area (TPSA) is 97.4 Å². The maximum Gasteiger partial charge on any atom is 0.340 e. The summed E-state index contributed by atoms with van der Waals surface area (Å²) in [7, 11) is 0. The molecule has 1 atom stereocenters. The molecule has 7 nitrogen and oxygen atoms in total. The summed E-state index contributed by atoms with van der Waals surface area (Å²) in [5.74, 6) is -1.34. The van der Waals surface area contributed by atoms with E-state index in [0.717, 1.165) is 24.1 Å². The zero-order chi connectivity index (χ0) is 19.4. The number of rotatable bonds is 5. The molecule has 1 fully saturated rings. The van der Waals surface area contributed by atoms with Gasteiger partial charge in [-0.05, 0) is 38.8 Å². The smallest absolute Gasteiger partial charge is 0.340 e. The Labute approximate surface area is 157 Å². The lowest BCUT2D eigenvalue weighted by molar-refractivity contribution is -0.127. The highest BCUT2D eigenvalue weighted by Gasteiger charge is 2.26. The quantitative estimate of drug-likeness (QED) is 0.792. The number of aromatic nitrogens is 1. The van der Waals surface area contributed by atoms with Crippen LogP contribution in [0.4, 0.5) is 4.79 Å². The number of urea groups is 1. The summed E-state index contributed by atoms with van der Waals surface area (Å²) in [4.78, 5) is 40.4. The van der Waals surface area contributed by atoms with Crippen LogP contribution in [-0.2, 0) is 9.53 Å². The van der Waals surface area contributed by atoms with Gasteiger partial charge in [0.05, 0.1) is 17.0 Å². The lowest BCUT2D eigenvalue weighted by Crippen LogP contribution is -2.45. The third kappa shape index (κ3) is 4.91.